The molecule has 0 aliphatic carbocycles. The Morgan fingerprint density at radius 1 is 1.47 bits per heavy atom. The third-order valence-corrected chi connectivity index (χ3v) is 2.05. The van der Waals surface area contributed by atoms with E-state index in [4.69, 9.17) is 0 Å². The summed E-state index contributed by atoms with van der Waals surface area (Å²) < 4.78 is 0. The summed E-state index contributed by atoms with van der Waals surface area (Å²) in [5, 5.41) is 12.5. The van der Waals surface area contributed by atoms with Gasteiger partial charge in [0.1, 0.15) is 5.75 Å². The lowest BCUT2D eigenvalue weighted by atomic mass is 10.1. The minimum atomic E-state index is 0.0285. The molecule has 80 valence electrons. The molecule has 0 aliphatic heterocycles. The quantitative estimate of drug-likeness (QED) is 0.569. The first kappa shape index (κ1) is 11.5. The maximum absolute atomic E-state index is 10.5. The van der Waals surface area contributed by atoms with Crippen LogP contribution in [-0.4, -0.2) is 25.0 Å². The van der Waals surface area contributed by atoms with Crippen LogP contribution in [0.1, 0.15) is 22.3 Å². The van der Waals surface area contributed by atoms with Crippen molar-refractivity contribution in [3.8, 4) is 5.75 Å². The molecule has 0 spiro atoms. The van der Waals surface area contributed by atoms with Crippen LogP contribution >= 0.6 is 0 Å². The number of aldehydes is 1. The zero-order valence-electron chi connectivity index (χ0n) is 8.73. The number of carbonyl (C=O) groups is 1. The Balaban J connectivity index is 2.67. The fourth-order valence-electron chi connectivity index (χ4n) is 1.21. The van der Waals surface area contributed by atoms with Crippen molar-refractivity contribution in [3.05, 3.63) is 35.4 Å². The van der Waals surface area contributed by atoms with Crippen LogP contribution in [0, 0.1) is 0 Å². The van der Waals surface area contributed by atoms with E-state index in [1.807, 2.05) is 19.2 Å². The number of benzene rings is 1. The first-order chi connectivity index (χ1) is 7.27. The van der Waals surface area contributed by atoms with Gasteiger partial charge in [-0.05, 0) is 37.7 Å². The minimum absolute atomic E-state index is 0.0285. The van der Waals surface area contributed by atoms with Crippen molar-refractivity contribution in [1.29, 1.82) is 0 Å². The van der Waals surface area contributed by atoms with Gasteiger partial charge < -0.3 is 10.4 Å². The molecule has 0 aromatic heterocycles. The predicted octanol–water partition coefficient (Wildman–Crippen LogP) is 1.83. The summed E-state index contributed by atoms with van der Waals surface area (Å²) in [4.78, 5) is 10.5. The minimum Gasteiger partial charge on any atom is -0.507 e. The second-order valence-electron chi connectivity index (χ2n) is 3.23. The van der Waals surface area contributed by atoms with E-state index in [1.165, 1.54) is 0 Å². The molecule has 0 saturated carbocycles. The average molecular weight is 205 g/mol. The zero-order chi connectivity index (χ0) is 11.1. The molecule has 2 N–H and O–H groups in total. The van der Waals surface area contributed by atoms with Crippen molar-refractivity contribution in [3.63, 3.8) is 0 Å². The number of aromatic hydroxyl groups is 1. The number of hydrogen-bond donors (Lipinski definition) is 2. The summed E-state index contributed by atoms with van der Waals surface area (Å²) in [6.07, 6.45) is 5.52. The van der Waals surface area contributed by atoms with E-state index in [-0.39, 0.29) is 5.75 Å². The van der Waals surface area contributed by atoms with Crippen molar-refractivity contribution in [2.45, 2.75) is 6.42 Å². The predicted molar refractivity (Wildman–Crippen MR) is 61.1 cm³/mol. The molecule has 15 heavy (non-hydrogen) atoms. The standard InChI is InChI=1S/C12H15NO2/c1-13-7-3-2-4-10-5-6-11(9-14)12(15)8-10/h2,4-6,8-9,13,15H,3,7H2,1H3. The van der Waals surface area contributed by atoms with Crippen LogP contribution in [0.2, 0.25) is 0 Å². The first-order valence-corrected chi connectivity index (χ1v) is 4.87. The summed E-state index contributed by atoms with van der Waals surface area (Å²) in [6.45, 7) is 0.925. The molecule has 0 atom stereocenters. The van der Waals surface area contributed by atoms with Crippen LogP contribution in [0.5, 0.6) is 5.75 Å². The summed E-state index contributed by atoms with van der Waals surface area (Å²) in [6, 6.07) is 5.00. The highest BCUT2D eigenvalue weighted by Gasteiger charge is 1.98. The van der Waals surface area contributed by atoms with Gasteiger partial charge in [-0.2, -0.15) is 0 Å². The van der Waals surface area contributed by atoms with Gasteiger partial charge in [0.15, 0.2) is 6.29 Å². The number of phenolic OH excluding ortho intramolecular Hbond substituents is 1. The van der Waals surface area contributed by atoms with Crippen molar-refractivity contribution < 1.29 is 9.90 Å². The lowest BCUT2D eigenvalue weighted by Gasteiger charge is -1.98. The highest BCUT2D eigenvalue weighted by atomic mass is 16.3. The van der Waals surface area contributed by atoms with Crippen molar-refractivity contribution in [2.75, 3.05) is 13.6 Å². The van der Waals surface area contributed by atoms with E-state index in [1.54, 1.807) is 18.2 Å². The monoisotopic (exact) mass is 205 g/mol. The van der Waals surface area contributed by atoms with Gasteiger partial charge in [0.25, 0.3) is 0 Å². The highest BCUT2D eigenvalue weighted by molar-refractivity contribution is 5.79. The van der Waals surface area contributed by atoms with Gasteiger partial charge in [-0.25, -0.2) is 0 Å². The van der Waals surface area contributed by atoms with Crippen LogP contribution in [0.3, 0.4) is 0 Å². The summed E-state index contributed by atoms with van der Waals surface area (Å²) >= 11 is 0. The molecule has 1 rings (SSSR count). The highest BCUT2D eigenvalue weighted by Crippen LogP contribution is 2.17. The normalized spacial score (nSPS) is 10.7. The van der Waals surface area contributed by atoms with Crippen molar-refractivity contribution in [2.24, 2.45) is 0 Å². The Labute approximate surface area is 89.4 Å². The molecule has 0 amide bonds. The maximum atomic E-state index is 10.5. The zero-order valence-corrected chi connectivity index (χ0v) is 8.73. The largest absolute Gasteiger partial charge is 0.507 e. The fraction of sp³-hybridized carbons (Fsp3) is 0.250. The van der Waals surface area contributed by atoms with Crippen LogP contribution < -0.4 is 5.32 Å². The van der Waals surface area contributed by atoms with Crippen LogP contribution in [-0.2, 0) is 0 Å². The van der Waals surface area contributed by atoms with Crippen molar-refractivity contribution in [1.82, 2.24) is 5.32 Å². The van der Waals surface area contributed by atoms with Gasteiger partial charge in [-0.1, -0.05) is 18.2 Å². The molecule has 0 heterocycles. The second-order valence-corrected chi connectivity index (χ2v) is 3.23. The summed E-state index contributed by atoms with van der Waals surface area (Å²) in [5.74, 6) is 0.0285. The van der Waals surface area contributed by atoms with Gasteiger partial charge in [-0.15, -0.1) is 0 Å². The van der Waals surface area contributed by atoms with E-state index >= 15 is 0 Å². The summed E-state index contributed by atoms with van der Waals surface area (Å²) in [7, 11) is 1.90. The Morgan fingerprint density at radius 2 is 2.27 bits per heavy atom. The average Bonchev–Trinajstić information content (AvgIpc) is 2.25. The van der Waals surface area contributed by atoms with E-state index < -0.39 is 0 Å². The number of nitrogens with one attached hydrogen (secondary N) is 1. The lowest BCUT2D eigenvalue weighted by molar-refractivity contribution is 0.112. The molecule has 0 fully saturated rings. The van der Waals surface area contributed by atoms with E-state index in [0.717, 1.165) is 18.5 Å². The van der Waals surface area contributed by atoms with Crippen LogP contribution in [0.4, 0.5) is 0 Å². The van der Waals surface area contributed by atoms with Gasteiger partial charge in [0.2, 0.25) is 0 Å². The Kier molecular flexibility index (Phi) is 4.57. The molecule has 0 unspecified atom stereocenters. The Bertz CT molecular complexity index is 359. The van der Waals surface area contributed by atoms with Crippen LogP contribution in [0.25, 0.3) is 6.08 Å². The van der Waals surface area contributed by atoms with Crippen LogP contribution in [0.15, 0.2) is 24.3 Å². The second kappa shape index (κ2) is 5.98. The van der Waals surface area contributed by atoms with Gasteiger partial charge in [0.05, 0.1) is 5.56 Å². The van der Waals surface area contributed by atoms with Gasteiger partial charge in [0, 0.05) is 0 Å². The van der Waals surface area contributed by atoms with E-state index in [9.17, 15) is 9.90 Å². The number of phenols is 1. The molecule has 0 aliphatic rings. The molecule has 0 bridgehead atoms. The molecule has 0 saturated heterocycles. The molecule has 3 nitrogen and oxygen atoms in total. The third kappa shape index (κ3) is 3.56. The maximum Gasteiger partial charge on any atom is 0.153 e. The molecular weight excluding hydrogens is 190 g/mol. The van der Waals surface area contributed by atoms with Gasteiger partial charge in [-0.3, -0.25) is 4.79 Å². The molecule has 1 aromatic carbocycles. The Morgan fingerprint density at radius 3 is 2.87 bits per heavy atom. The smallest absolute Gasteiger partial charge is 0.153 e. The molecular formula is C12H15NO2. The molecule has 1 aromatic rings. The number of hydrogen-bond acceptors (Lipinski definition) is 3. The third-order valence-electron chi connectivity index (χ3n) is 2.05. The molecule has 3 heteroatoms. The number of carbonyl (C=O) groups excluding carboxylic acids is 1. The first-order valence-electron chi connectivity index (χ1n) is 4.87. The Hall–Kier alpha value is -1.61. The van der Waals surface area contributed by atoms with E-state index in [0.29, 0.717) is 11.8 Å². The fourth-order valence-corrected chi connectivity index (χ4v) is 1.21. The summed E-state index contributed by atoms with van der Waals surface area (Å²) in [5.41, 5.74) is 1.22. The SMILES string of the molecule is CNCCC=Cc1ccc(C=O)c(O)c1. The lowest BCUT2D eigenvalue weighted by Crippen LogP contribution is -2.05. The van der Waals surface area contributed by atoms with Crippen molar-refractivity contribution >= 4 is 12.4 Å². The number of rotatable bonds is 5. The van der Waals surface area contributed by atoms with Gasteiger partial charge >= 0.3 is 0 Å². The topological polar surface area (TPSA) is 49.3 Å². The van der Waals surface area contributed by atoms with E-state index in [2.05, 4.69) is 5.32 Å². The molecule has 0 radical (unpaired) electrons.